The number of nitrogens with zero attached hydrogens (tertiary/aromatic N) is 3. The van der Waals surface area contributed by atoms with Crippen LogP contribution in [0.15, 0.2) is 29.2 Å². The summed E-state index contributed by atoms with van der Waals surface area (Å²) in [6.07, 6.45) is 2.74. The molecule has 25 heavy (non-hydrogen) atoms. The van der Waals surface area contributed by atoms with Crippen LogP contribution >= 0.6 is 11.8 Å². The fraction of sp³-hybridized carbons (Fsp3) is 0.650. The molecule has 5 heteroatoms. The number of benzene rings is 1. The molecule has 1 atom stereocenters. The summed E-state index contributed by atoms with van der Waals surface area (Å²) >= 11 is 1.68. The average molecular weight is 360 g/mol. The second-order valence-electron chi connectivity index (χ2n) is 7.68. The van der Waals surface area contributed by atoms with E-state index in [2.05, 4.69) is 39.8 Å². The number of rotatable bonds is 4. The van der Waals surface area contributed by atoms with E-state index >= 15 is 0 Å². The van der Waals surface area contributed by atoms with Crippen LogP contribution in [0.25, 0.3) is 0 Å². The number of piperidine rings is 3. The Morgan fingerprint density at radius 3 is 2.44 bits per heavy atom. The SMILES string of the molecule is Cc1ccccc1SCC(=O)N1CCN(C2CN3CCC2CC3)CC1. The van der Waals surface area contributed by atoms with Gasteiger partial charge in [0.15, 0.2) is 0 Å². The lowest BCUT2D eigenvalue weighted by atomic mass is 9.83. The van der Waals surface area contributed by atoms with Crippen molar-refractivity contribution in [2.75, 3.05) is 51.6 Å². The number of amides is 1. The van der Waals surface area contributed by atoms with Gasteiger partial charge in [-0.2, -0.15) is 0 Å². The van der Waals surface area contributed by atoms with E-state index in [1.54, 1.807) is 11.8 Å². The number of fused-ring (bicyclic) bond motifs is 3. The highest BCUT2D eigenvalue weighted by Gasteiger charge is 2.38. The number of carbonyl (C=O) groups excluding carboxylic acids is 1. The van der Waals surface area contributed by atoms with E-state index in [1.165, 1.54) is 42.9 Å². The summed E-state index contributed by atoms with van der Waals surface area (Å²) in [4.78, 5) is 21.2. The lowest BCUT2D eigenvalue weighted by molar-refractivity contribution is -0.131. The van der Waals surface area contributed by atoms with Gasteiger partial charge < -0.3 is 9.80 Å². The number of piperazine rings is 1. The molecule has 4 nitrogen and oxygen atoms in total. The van der Waals surface area contributed by atoms with Gasteiger partial charge in [-0.25, -0.2) is 0 Å². The molecule has 0 N–H and O–H groups in total. The van der Waals surface area contributed by atoms with Gasteiger partial charge in [-0.1, -0.05) is 18.2 Å². The van der Waals surface area contributed by atoms with Gasteiger partial charge in [-0.3, -0.25) is 9.69 Å². The first-order valence-electron chi connectivity index (χ1n) is 9.63. The van der Waals surface area contributed by atoms with Crippen LogP contribution in [0.2, 0.25) is 0 Å². The van der Waals surface area contributed by atoms with Crippen molar-refractivity contribution in [2.45, 2.75) is 30.7 Å². The van der Waals surface area contributed by atoms with Crippen molar-refractivity contribution in [1.29, 1.82) is 0 Å². The van der Waals surface area contributed by atoms with Crippen molar-refractivity contribution in [3.63, 3.8) is 0 Å². The summed E-state index contributed by atoms with van der Waals surface area (Å²) in [5.74, 6) is 1.75. The number of thioether (sulfide) groups is 1. The zero-order valence-electron chi connectivity index (χ0n) is 15.2. The molecule has 4 fully saturated rings. The van der Waals surface area contributed by atoms with Crippen LogP contribution in [0.3, 0.4) is 0 Å². The van der Waals surface area contributed by atoms with Gasteiger partial charge in [0.25, 0.3) is 0 Å². The van der Waals surface area contributed by atoms with Crippen LogP contribution in [0, 0.1) is 12.8 Å². The van der Waals surface area contributed by atoms with Crippen molar-refractivity contribution >= 4 is 17.7 Å². The molecule has 4 heterocycles. The first-order valence-corrected chi connectivity index (χ1v) is 10.6. The van der Waals surface area contributed by atoms with Gasteiger partial charge in [-0.05, 0) is 50.4 Å². The van der Waals surface area contributed by atoms with Crippen molar-refractivity contribution in [2.24, 2.45) is 5.92 Å². The lowest BCUT2D eigenvalue weighted by Gasteiger charge is -2.51. The Morgan fingerprint density at radius 2 is 1.80 bits per heavy atom. The average Bonchev–Trinajstić information content (AvgIpc) is 2.68. The fourth-order valence-electron chi connectivity index (χ4n) is 4.60. The molecule has 4 aliphatic heterocycles. The monoisotopic (exact) mass is 359 g/mol. The van der Waals surface area contributed by atoms with E-state index in [4.69, 9.17) is 0 Å². The molecule has 5 rings (SSSR count). The Hall–Kier alpha value is -1.04. The second kappa shape index (κ2) is 7.68. The summed E-state index contributed by atoms with van der Waals surface area (Å²) in [7, 11) is 0. The van der Waals surface area contributed by atoms with Gasteiger partial charge in [0.05, 0.1) is 5.75 Å². The van der Waals surface area contributed by atoms with Crippen molar-refractivity contribution < 1.29 is 4.79 Å². The van der Waals surface area contributed by atoms with Crippen LogP contribution in [0.5, 0.6) is 0 Å². The van der Waals surface area contributed by atoms with Crippen LogP contribution in [-0.4, -0.2) is 78.2 Å². The van der Waals surface area contributed by atoms with E-state index < -0.39 is 0 Å². The largest absolute Gasteiger partial charge is 0.339 e. The molecule has 0 aliphatic carbocycles. The molecular weight excluding hydrogens is 330 g/mol. The summed E-state index contributed by atoms with van der Waals surface area (Å²) in [6.45, 7) is 9.87. The molecule has 1 aromatic rings. The van der Waals surface area contributed by atoms with Crippen LogP contribution in [-0.2, 0) is 4.79 Å². The highest BCUT2D eigenvalue weighted by atomic mass is 32.2. The number of carbonyl (C=O) groups is 1. The van der Waals surface area contributed by atoms with E-state index in [-0.39, 0.29) is 0 Å². The molecule has 1 amide bonds. The van der Waals surface area contributed by atoms with E-state index in [0.29, 0.717) is 11.7 Å². The highest BCUT2D eigenvalue weighted by Crippen LogP contribution is 2.31. The summed E-state index contributed by atoms with van der Waals surface area (Å²) in [5, 5.41) is 0. The van der Waals surface area contributed by atoms with E-state index in [0.717, 1.165) is 38.1 Å². The summed E-state index contributed by atoms with van der Waals surface area (Å²) < 4.78 is 0. The number of hydrogen-bond acceptors (Lipinski definition) is 4. The molecule has 0 saturated carbocycles. The Kier molecular flexibility index (Phi) is 5.34. The third-order valence-corrected chi connectivity index (χ3v) is 7.36. The Morgan fingerprint density at radius 1 is 1.08 bits per heavy atom. The maximum Gasteiger partial charge on any atom is 0.233 e. The summed E-state index contributed by atoms with van der Waals surface area (Å²) in [6, 6.07) is 9.06. The fourth-order valence-corrected chi connectivity index (χ4v) is 5.53. The zero-order valence-corrected chi connectivity index (χ0v) is 16.0. The first kappa shape index (κ1) is 17.4. The molecule has 1 aromatic carbocycles. The molecule has 0 aromatic heterocycles. The Balaban J connectivity index is 1.26. The van der Waals surface area contributed by atoms with Gasteiger partial charge in [0.2, 0.25) is 5.91 Å². The van der Waals surface area contributed by atoms with Crippen molar-refractivity contribution in [3.8, 4) is 0 Å². The Labute approximate surface area is 155 Å². The van der Waals surface area contributed by atoms with Gasteiger partial charge in [-0.15, -0.1) is 11.8 Å². The lowest BCUT2D eigenvalue weighted by Crippen LogP contribution is -2.61. The van der Waals surface area contributed by atoms with Crippen LogP contribution in [0.4, 0.5) is 0 Å². The predicted molar refractivity (Wildman–Crippen MR) is 103 cm³/mol. The Bertz CT molecular complexity index is 607. The van der Waals surface area contributed by atoms with E-state index in [1.807, 2.05) is 6.07 Å². The second-order valence-corrected chi connectivity index (χ2v) is 8.69. The topological polar surface area (TPSA) is 26.8 Å². The van der Waals surface area contributed by atoms with Gasteiger partial charge >= 0.3 is 0 Å². The van der Waals surface area contributed by atoms with E-state index in [9.17, 15) is 4.79 Å². The predicted octanol–water partition coefficient (Wildman–Crippen LogP) is 2.33. The zero-order chi connectivity index (χ0) is 17.2. The normalized spacial score (nSPS) is 29.8. The molecule has 1 unspecified atom stereocenters. The maximum absolute atomic E-state index is 12.6. The molecule has 2 bridgehead atoms. The molecule has 0 radical (unpaired) electrons. The third-order valence-electron chi connectivity index (χ3n) is 6.20. The molecule has 4 saturated heterocycles. The smallest absolute Gasteiger partial charge is 0.233 e. The first-order chi connectivity index (χ1) is 12.2. The highest BCUT2D eigenvalue weighted by molar-refractivity contribution is 8.00. The number of aryl methyl sites for hydroxylation is 1. The molecule has 0 spiro atoms. The van der Waals surface area contributed by atoms with Crippen LogP contribution < -0.4 is 0 Å². The third kappa shape index (κ3) is 3.88. The minimum Gasteiger partial charge on any atom is -0.339 e. The molecule has 4 aliphatic rings. The number of hydrogen-bond donors (Lipinski definition) is 0. The van der Waals surface area contributed by atoms with Crippen LogP contribution in [0.1, 0.15) is 18.4 Å². The van der Waals surface area contributed by atoms with Crippen molar-refractivity contribution in [3.05, 3.63) is 29.8 Å². The standard InChI is InChI=1S/C20H29N3OS/c1-16-4-2-3-5-19(16)25-15-20(24)23-12-10-22(11-13-23)18-14-21-8-6-17(18)7-9-21/h2-5,17-18H,6-15H2,1H3. The molecular formula is C20H29N3OS. The quantitative estimate of drug-likeness (QED) is 0.771. The minimum atomic E-state index is 0.293. The summed E-state index contributed by atoms with van der Waals surface area (Å²) in [5.41, 5.74) is 1.26. The maximum atomic E-state index is 12.6. The minimum absolute atomic E-state index is 0.293. The molecule has 136 valence electrons. The van der Waals surface area contributed by atoms with Crippen molar-refractivity contribution in [1.82, 2.24) is 14.7 Å². The van der Waals surface area contributed by atoms with Gasteiger partial charge in [0, 0.05) is 43.7 Å². The van der Waals surface area contributed by atoms with Gasteiger partial charge in [0.1, 0.15) is 0 Å².